The van der Waals surface area contributed by atoms with E-state index in [-0.39, 0.29) is 0 Å². The van der Waals surface area contributed by atoms with E-state index in [2.05, 4.69) is 64.9 Å². The summed E-state index contributed by atoms with van der Waals surface area (Å²) in [5.41, 5.74) is 5.46. The zero-order valence-corrected chi connectivity index (χ0v) is 18.7. The van der Waals surface area contributed by atoms with Crippen LogP contribution in [0.25, 0.3) is 33.9 Å². The van der Waals surface area contributed by atoms with Crippen LogP contribution in [0.4, 0.5) is 0 Å². The highest BCUT2D eigenvalue weighted by Gasteiger charge is 2.23. The number of fused-ring (bicyclic) bond motifs is 1. The number of hydrogen-bond donors (Lipinski definition) is 0. The molecule has 0 spiro atoms. The third-order valence-electron chi connectivity index (χ3n) is 7.32. The summed E-state index contributed by atoms with van der Waals surface area (Å²) in [4.78, 5) is 12.2. The first-order chi connectivity index (χ1) is 15.7. The maximum Gasteiger partial charge on any atom is 0.226 e. The third kappa shape index (κ3) is 3.65. The van der Waals surface area contributed by atoms with Crippen LogP contribution < -0.4 is 0 Å². The minimum Gasteiger partial charge on any atom is -0.444 e. The van der Waals surface area contributed by atoms with Crippen molar-refractivity contribution in [2.45, 2.75) is 58.2 Å². The summed E-state index contributed by atoms with van der Waals surface area (Å²) in [5.74, 6) is 2.52. The molecule has 2 aromatic heterocycles. The summed E-state index contributed by atoms with van der Waals surface area (Å²) in [6.45, 7) is 5.37. The third-order valence-corrected chi connectivity index (χ3v) is 7.32. The second-order valence-corrected chi connectivity index (χ2v) is 9.51. The van der Waals surface area contributed by atoms with E-state index in [4.69, 9.17) is 14.4 Å². The lowest BCUT2D eigenvalue weighted by Gasteiger charge is -2.26. The second-order valence-electron chi connectivity index (χ2n) is 9.51. The molecule has 0 unspecified atom stereocenters. The summed E-state index contributed by atoms with van der Waals surface area (Å²) < 4.78 is 8.24. The van der Waals surface area contributed by atoms with Gasteiger partial charge in [-0.2, -0.15) is 0 Å². The van der Waals surface area contributed by atoms with E-state index in [1.165, 1.54) is 37.6 Å². The predicted octanol–water partition coefficient (Wildman–Crippen LogP) is 6.14. The molecule has 1 saturated heterocycles. The number of rotatable bonds is 6. The Morgan fingerprint density at radius 1 is 0.938 bits per heavy atom. The molecule has 0 amide bonds. The largest absolute Gasteiger partial charge is 0.444 e. The van der Waals surface area contributed by atoms with E-state index in [9.17, 15) is 0 Å². The average Bonchev–Trinajstić information content (AvgIpc) is 3.51. The molecule has 164 valence electrons. The van der Waals surface area contributed by atoms with Crippen LogP contribution in [0.2, 0.25) is 0 Å². The Hall–Kier alpha value is -2.92. The van der Waals surface area contributed by atoms with Gasteiger partial charge in [0.15, 0.2) is 0 Å². The van der Waals surface area contributed by atoms with Gasteiger partial charge in [-0.05, 0) is 69.3 Å². The van der Waals surface area contributed by atoms with Crippen molar-refractivity contribution in [1.29, 1.82) is 0 Å². The molecule has 2 aromatic carbocycles. The Morgan fingerprint density at radius 3 is 2.50 bits per heavy atom. The molecule has 0 N–H and O–H groups in total. The van der Waals surface area contributed by atoms with Gasteiger partial charge in [0, 0.05) is 30.3 Å². The maximum atomic E-state index is 5.83. The molecule has 1 saturated carbocycles. The maximum absolute atomic E-state index is 5.83. The molecule has 2 fully saturated rings. The lowest BCUT2D eigenvalue weighted by Crippen LogP contribution is -2.26. The van der Waals surface area contributed by atoms with Gasteiger partial charge in [0.1, 0.15) is 12.1 Å². The van der Waals surface area contributed by atoms with Gasteiger partial charge in [-0.25, -0.2) is 9.97 Å². The number of hydrogen-bond acceptors (Lipinski definition) is 4. The summed E-state index contributed by atoms with van der Waals surface area (Å²) in [6, 6.07) is 17.6. The number of oxazole rings is 1. The molecular weight excluding hydrogens is 396 g/mol. The molecule has 5 heteroatoms. The van der Waals surface area contributed by atoms with Crippen molar-refractivity contribution >= 4 is 11.0 Å². The highest BCUT2D eigenvalue weighted by atomic mass is 16.3. The van der Waals surface area contributed by atoms with Crippen LogP contribution in [-0.4, -0.2) is 32.0 Å². The fourth-order valence-corrected chi connectivity index (χ4v) is 5.12. The highest BCUT2D eigenvalue weighted by Crippen LogP contribution is 2.33. The van der Waals surface area contributed by atoms with Gasteiger partial charge in [0.25, 0.3) is 0 Å². The van der Waals surface area contributed by atoms with Crippen LogP contribution >= 0.6 is 0 Å². The lowest BCUT2D eigenvalue weighted by molar-refractivity contribution is 0.257. The number of likely N-dealkylation sites (tertiary alicyclic amines) is 1. The van der Waals surface area contributed by atoms with Crippen LogP contribution in [0, 0.1) is 5.92 Å². The summed E-state index contributed by atoms with van der Waals surface area (Å²) in [5, 5.41) is 0. The number of benzene rings is 2. The van der Waals surface area contributed by atoms with Crippen molar-refractivity contribution in [3.05, 3.63) is 60.5 Å². The standard InChI is InChI=1S/C27H30N4O/c1-19-6-5-15-30(19)17-23-18-32-27(28-23)22-13-11-21(12-14-22)26-29-24-9-2-3-10-25(24)31(26)16-20-7-4-8-20/h2-3,9-14,18-20H,4-8,15-17H2,1H3/t19-/m0/s1. The monoisotopic (exact) mass is 426 g/mol. The second kappa shape index (κ2) is 8.21. The predicted molar refractivity (Wildman–Crippen MR) is 127 cm³/mol. The van der Waals surface area contributed by atoms with Crippen molar-refractivity contribution < 1.29 is 4.42 Å². The van der Waals surface area contributed by atoms with Crippen LogP contribution in [0.5, 0.6) is 0 Å². The lowest BCUT2D eigenvalue weighted by atomic mass is 9.85. The van der Waals surface area contributed by atoms with Crippen molar-refractivity contribution in [1.82, 2.24) is 19.4 Å². The Labute approximate surface area is 189 Å². The Morgan fingerprint density at radius 2 is 1.75 bits per heavy atom. The highest BCUT2D eigenvalue weighted by molar-refractivity contribution is 5.81. The van der Waals surface area contributed by atoms with E-state index in [1.807, 2.05) is 6.26 Å². The van der Waals surface area contributed by atoms with E-state index >= 15 is 0 Å². The normalized spacial score (nSPS) is 19.6. The fraction of sp³-hybridized carbons (Fsp3) is 0.407. The molecule has 1 atom stereocenters. The molecule has 1 aliphatic carbocycles. The number of nitrogens with zero attached hydrogens (tertiary/aromatic N) is 4. The molecular formula is C27H30N4O. The SMILES string of the molecule is C[C@H]1CCCN1Cc1coc(-c2ccc(-c3nc4ccccc4n3CC3CCC3)cc2)n1. The summed E-state index contributed by atoms with van der Waals surface area (Å²) in [7, 11) is 0. The molecule has 2 aliphatic rings. The van der Waals surface area contributed by atoms with Gasteiger partial charge in [-0.3, -0.25) is 4.90 Å². The van der Waals surface area contributed by atoms with Crippen LogP contribution in [-0.2, 0) is 13.1 Å². The van der Waals surface area contributed by atoms with Crippen LogP contribution in [0.3, 0.4) is 0 Å². The average molecular weight is 427 g/mol. The van der Waals surface area contributed by atoms with Gasteiger partial charge < -0.3 is 8.98 Å². The minimum atomic E-state index is 0.633. The number of aromatic nitrogens is 3. The zero-order chi connectivity index (χ0) is 21.5. The Kier molecular flexibility index (Phi) is 5.07. The van der Waals surface area contributed by atoms with Gasteiger partial charge in [0.05, 0.1) is 16.7 Å². The van der Waals surface area contributed by atoms with Gasteiger partial charge in [-0.1, -0.05) is 30.7 Å². The Bertz CT molecular complexity index is 1220. The van der Waals surface area contributed by atoms with Gasteiger partial charge in [-0.15, -0.1) is 0 Å². The molecule has 32 heavy (non-hydrogen) atoms. The van der Waals surface area contributed by atoms with Gasteiger partial charge >= 0.3 is 0 Å². The van der Waals surface area contributed by atoms with Crippen molar-refractivity contribution in [2.75, 3.05) is 6.54 Å². The fourth-order valence-electron chi connectivity index (χ4n) is 5.12. The summed E-state index contributed by atoms with van der Waals surface area (Å²) >= 11 is 0. The topological polar surface area (TPSA) is 47.1 Å². The quantitative estimate of drug-likeness (QED) is 0.371. The molecule has 0 bridgehead atoms. The number of para-hydroxylation sites is 2. The number of imidazole rings is 1. The van der Waals surface area contributed by atoms with Crippen molar-refractivity contribution in [3.8, 4) is 22.8 Å². The van der Waals surface area contributed by atoms with E-state index in [0.717, 1.165) is 53.7 Å². The first-order valence-electron chi connectivity index (χ1n) is 12.0. The molecule has 5 nitrogen and oxygen atoms in total. The van der Waals surface area contributed by atoms with Crippen LogP contribution in [0.1, 0.15) is 44.7 Å². The molecule has 1 aliphatic heterocycles. The minimum absolute atomic E-state index is 0.633. The van der Waals surface area contributed by atoms with E-state index in [1.54, 1.807) is 0 Å². The molecule has 0 radical (unpaired) electrons. The Balaban J connectivity index is 1.26. The van der Waals surface area contributed by atoms with E-state index in [0.29, 0.717) is 11.9 Å². The first-order valence-corrected chi connectivity index (χ1v) is 12.0. The van der Waals surface area contributed by atoms with Crippen LogP contribution in [0.15, 0.2) is 59.2 Å². The van der Waals surface area contributed by atoms with Gasteiger partial charge in [0.2, 0.25) is 5.89 Å². The molecule has 6 rings (SSSR count). The molecule has 4 aromatic rings. The molecule has 3 heterocycles. The zero-order valence-electron chi connectivity index (χ0n) is 18.7. The smallest absolute Gasteiger partial charge is 0.226 e. The summed E-state index contributed by atoms with van der Waals surface area (Å²) in [6.07, 6.45) is 8.38. The van der Waals surface area contributed by atoms with Crippen molar-refractivity contribution in [3.63, 3.8) is 0 Å². The van der Waals surface area contributed by atoms with E-state index < -0.39 is 0 Å². The van der Waals surface area contributed by atoms with Crippen molar-refractivity contribution in [2.24, 2.45) is 5.92 Å². The first kappa shape index (κ1) is 19.7.